The summed E-state index contributed by atoms with van der Waals surface area (Å²) in [4.78, 5) is 28.2. The fourth-order valence-electron chi connectivity index (χ4n) is 3.65. The predicted molar refractivity (Wildman–Crippen MR) is 128 cm³/mol. The first-order valence-corrected chi connectivity index (χ1v) is 11.1. The largest absolute Gasteiger partial charge is 0.481 e. The maximum Gasteiger partial charge on any atom is 0.308 e. The van der Waals surface area contributed by atoms with Crippen molar-refractivity contribution in [3.05, 3.63) is 94.1 Å². The molecule has 1 amide bonds. The van der Waals surface area contributed by atoms with E-state index in [-0.39, 0.29) is 18.1 Å². The highest BCUT2D eigenvalue weighted by Gasteiger charge is 2.17. The molecule has 166 valence electrons. The molecule has 0 unspecified atom stereocenters. The van der Waals surface area contributed by atoms with E-state index in [4.69, 9.17) is 4.98 Å². The van der Waals surface area contributed by atoms with E-state index < -0.39 is 5.97 Å². The summed E-state index contributed by atoms with van der Waals surface area (Å²) in [5.74, 6) is -1.43. The molecule has 5 nitrogen and oxygen atoms in total. The van der Waals surface area contributed by atoms with Gasteiger partial charge in [0.1, 0.15) is 5.82 Å². The Balaban J connectivity index is 1.70. The molecule has 4 rings (SSSR count). The van der Waals surface area contributed by atoms with Crippen molar-refractivity contribution in [2.24, 2.45) is 0 Å². The Labute approximate surface area is 194 Å². The van der Waals surface area contributed by atoms with Crippen molar-refractivity contribution < 1.29 is 19.1 Å². The first-order chi connectivity index (χ1) is 15.9. The monoisotopic (exact) mass is 460 g/mol. The van der Waals surface area contributed by atoms with E-state index in [9.17, 15) is 19.1 Å². The number of anilines is 1. The van der Waals surface area contributed by atoms with Gasteiger partial charge in [0.25, 0.3) is 0 Å². The molecule has 0 aliphatic carbocycles. The van der Waals surface area contributed by atoms with E-state index >= 15 is 0 Å². The summed E-state index contributed by atoms with van der Waals surface area (Å²) < 4.78 is 13.4. The van der Waals surface area contributed by atoms with Crippen molar-refractivity contribution in [2.75, 3.05) is 5.32 Å². The third kappa shape index (κ3) is 5.51. The van der Waals surface area contributed by atoms with Crippen LogP contribution in [0.4, 0.5) is 10.1 Å². The molecule has 33 heavy (non-hydrogen) atoms. The topological polar surface area (TPSA) is 79.3 Å². The molecule has 0 radical (unpaired) electrons. The Bertz CT molecular complexity index is 1320. The number of hydrogen-bond acceptors (Lipinski definition) is 4. The minimum Gasteiger partial charge on any atom is -0.481 e. The molecule has 0 aliphatic rings. The highest BCUT2D eigenvalue weighted by atomic mass is 32.1. The van der Waals surface area contributed by atoms with Gasteiger partial charge in [-0.05, 0) is 53.1 Å². The molecule has 0 saturated heterocycles. The number of carboxylic acids is 1. The van der Waals surface area contributed by atoms with Crippen molar-refractivity contribution in [1.29, 1.82) is 0 Å². The van der Waals surface area contributed by atoms with E-state index in [1.165, 1.54) is 30.4 Å². The smallest absolute Gasteiger partial charge is 0.308 e. The molecule has 0 saturated carbocycles. The standard InChI is InChI=1S/C26H21FN2O3S/c1-16(30)28-21-7-4-6-18(13-21)22-8-3-2-5-19(22)14-24-29-26(23(33-24)15-25(31)32)17-9-11-20(27)12-10-17/h2-13H,14-15H2,1H3,(H,28,30)(H,31,32). The zero-order valence-electron chi connectivity index (χ0n) is 17.8. The summed E-state index contributed by atoms with van der Waals surface area (Å²) in [5, 5.41) is 12.9. The van der Waals surface area contributed by atoms with Gasteiger partial charge in [-0.3, -0.25) is 9.59 Å². The molecule has 1 heterocycles. The Hall–Kier alpha value is -3.84. The van der Waals surface area contributed by atoms with Gasteiger partial charge >= 0.3 is 5.97 Å². The van der Waals surface area contributed by atoms with Crippen molar-refractivity contribution >= 4 is 28.9 Å². The predicted octanol–water partition coefficient (Wildman–Crippen LogP) is 5.79. The van der Waals surface area contributed by atoms with Gasteiger partial charge in [0.2, 0.25) is 5.91 Å². The average Bonchev–Trinajstić information content (AvgIpc) is 3.15. The second-order valence-corrected chi connectivity index (χ2v) is 8.72. The molecule has 0 bridgehead atoms. The van der Waals surface area contributed by atoms with E-state index in [0.29, 0.717) is 28.2 Å². The van der Waals surface area contributed by atoms with Crippen LogP contribution >= 0.6 is 11.3 Å². The van der Waals surface area contributed by atoms with Crippen molar-refractivity contribution in [1.82, 2.24) is 4.98 Å². The van der Waals surface area contributed by atoms with E-state index in [2.05, 4.69) is 5.32 Å². The van der Waals surface area contributed by atoms with Gasteiger partial charge in [-0.25, -0.2) is 9.37 Å². The number of benzene rings is 3. The average molecular weight is 461 g/mol. The second-order valence-electron chi connectivity index (χ2n) is 7.55. The van der Waals surface area contributed by atoms with Crippen LogP contribution in [0.15, 0.2) is 72.8 Å². The maximum atomic E-state index is 13.4. The zero-order chi connectivity index (χ0) is 23.4. The molecule has 0 atom stereocenters. The van der Waals surface area contributed by atoms with E-state index in [1.54, 1.807) is 12.1 Å². The molecular weight excluding hydrogens is 439 g/mol. The number of halogens is 1. The molecule has 0 aliphatic heterocycles. The maximum absolute atomic E-state index is 13.4. The van der Waals surface area contributed by atoms with Gasteiger partial charge in [-0.1, -0.05) is 36.4 Å². The lowest BCUT2D eigenvalue weighted by atomic mass is 9.97. The minimum atomic E-state index is -0.941. The van der Waals surface area contributed by atoms with Crippen molar-refractivity contribution in [3.63, 3.8) is 0 Å². The number of nitrogens with zero attached hydrogens (tertiary/aromatic N) is 1. The molecule has 0 fully saturated rings. The van der Waals surface area contributed by atoms with Gasteiger partial charge in [0, 0.05) is 29.5 Å². The Kier molecular flexibility index (Phi) is 6.60. The van der Waals surface area contributed by atoms with Gasteiger partial charge in [-0.2, -0.15) is 0 Å². The molecule has 7 heteroatoms. The summed E-state index contributed by atoms with van der Waals surface area (Å²) in [5.41, 5.74) is 4.96. The van der Waals surface area contributed by atoms with Gasteiger partial charge in [0.15, 0.2) is 0 Å². The van der Waals surface area contributed by atoms with Gasteiger partial charge in [0.05, 0.1) is 17.1 Å². The molecule has 4 aromatic rings. The SMILES string of the molecule is CC(=O)Nc1cccc(-c2ccccc2Cc2nc(-c3ccc(F)cc3)c(CC(=O)O)s2)c1. The molecule has 0 spiro atoms. The molecular formula is C26H21FN2O3S. The number of hydrogen-bond donors (Lipinski definition) is 2. The summed E-state index contributed by atoms with van der Waals surface area (Å²) in [6, 6.07) is 21.4. The quantitative estimate of drug-likeness (QED) is 0.366. The van der Waals surface area contributed by atoms with Crippen LogP contribution in [-0.2, 0) is 22.4 Å². The normalized spacial score (nSPS) is 10.7. The third-order valence-electron chi connectivity index (χ3n) is 5.02. The lowest BCUT2D eigenvalue weighted by Gasteiger charge is -2.10. The molecule has 1 aromatic heterocycles. The number of carbonyl (C=O) groups is 2. The summed E-state index contributed by atoms with van der Waals surface area (Å²) in [6.45, 7) is 1.47. The number of amides is 1. The van der Waals surface area contributed by atoms with Crippen LogP contribution in [0.3, 0.4) is 0 Å². The van der Waals surface area contributed by atoms with Gasteiger partial charge in [-0.15, -0.1) is 11.3 Å². The van der Waals surface area contributed by atoms with Crippen LogP contribution in [0.25, 0.3) is 22.4 Å². The number of aromatic nitrogens is 1. The Morgan fingerprint density at radius 3 is 2.48 bits per heavy atom. The Morgan fingerprint density at radius 1 is 1.00 bits per heavy atom. The van der Waals surface area contributed by atoms with E-state index in [1.807, 2.05) is 48.5 Å². The van der Waals surface area contributed by atoms with Crippen LogP contribution in [0.1, 0.15) is 22.4 Å². The molecule has 2 N–H and O–H groups in total. The zero-order valence-corrected chi connectivity index (χ0v) is 18.7. The highest BCUT2D eigenvalue weighted by molar-refractivity contribution is 7.12. The van der Waals surface area contributed by atoms with Crippen LogP contribution in [0, 0.1) is 5.82 Å². The minimum absolute atomic E-state index is 0.137. The second kappa shape index (κ2) is 9.75. The fourth-order valence-corrected chi connectivity index (χ4v) is 4.76. The van der Waals surface area contributed by atoms with Crippen LogP contribution in [0.5, 0.6) is 0 Å². The van der Waals surface area contributed by atoms with Crippen molar-refractivity contribution in [3.8, 4) is 22.4 Å². The summed E-state index contributed by atoms with van der Waals surface area (Å²) >= 11 is 1.35. The number of aliphatic carboxylic acids is 1. The van der Waals surface area contributed by atoms with E-state index in [0.717, 1.165) is 21.7 Å². The highest BCUT2D eigenvalue weighted by Crippen LogP contribution is 2.33. The number of rotatable bonds is 7. The van der Waals surface area contributed by atoms with Crippen molar-refractivity contribution in [2.45, 2.75) is 19.8 Å². The van der Waals surface area contributed by atoms with Crippen LogP contribution in [0.2, 0.25) is 0 Å². The summed E-state index contributed by atoms with van der Waals surface area (Å²) in [6.07, 6.45) is 0.365. The van der Waals surface area contributed by atoms with Gasteiger partial charge < -0.3 is 10.4 Å². The van der Waals surface area contributed by atoms with Crippen LogP contribution in [-0.4, -0.2) is 22.0 Å². The molecule has 3 aromatic carbocycles. The first-order valence-electron chi connectivity index (χ1n) is 10.3. The number of carboxylic acid groups (broad SMARTS) is 1. The van der Waals surface area contributed by atoms with Crippen LogP contribution < -0.4 is 5.32 Å². The summed E-state index contributed by atoms with van der Waals surface area (Å²) in [7, 11) is 0. The lowest BCUT2D eigenvalue weighted by molar-refractivity contribution is -0.136. The first kappa shape index (κ1) is 22.4. The number of thiazole rings is 1. The fraction of sp³-hybridized carbons (Fsp3) is 0.115. The third-order valence-corrected chi connectivity index (χ3v) is 6.08. The lowest BCUT2D eigenvalue weighted by Crippen LogP contribution is -2.05. The Morgan fingerprint density at radius 2 is 1.76 bits per heavy atom. The number of carbonyl (C=O) groups excluding carboxylic acids is 1. The number of nitrogens with one attached hydrogen (secondary N) is 1.